The monoisotopic (exact) mass is 543 g/mol. The van der Waals surface area contributed by atoms with Gasteiger partial charge in [0, 0.05) is 4.47 Å². The Morgan fingerprint density at radius 3 is 2.21 bits per heavy atom. The number of hydrazone groups is 1. The lowest BCUT2D eigenvalue weighted by atomic mass is 10.1. The Morgan fingerprint density at radius 2 is 1.62 bits per heavy atom. The third-order valence-electron chi connectivity index (χ3n) is 4.94. The second-order valence-corrected chi connectivity index (χ2v) is 10.3. The highest BCUT2D eigenvalue weighted by atomic mass is 79.9. The van der Waals surface area contributed by atoms with Crippen LogP contribution in [0.4, 0.5) is 5.69 Å². The van der Waals surface area contributed by atoms with Crippen LogP contribution in [0.1, 0.15) is 25.0 Å². The van der Waals surface area contributed by atoms with Crippen molar-refractivity contribution in [2.24, 2.45) is 5.10 Å². The standard InChI is InChI=1S/C25H26BrN3O4S/c1-4-33-23-13-11-22(12-14-23)29(34(31,32)24-15-5-18(2)6-16-24)17-25(30)28-27-19(3)20-7-9-21(26)10-8-20/h5-16H,4,17H2,1-3H3,(H,28,30)/b27-19-. The summed E-state index contributed by atoms with van der Waals surface area (Å²) >= 11 is 3.38. The molecule has 0 atom stereocenters. The van der Waals surface area contributed by atoms with Gasteiger partial charge in [0.15, 0.2) is 0 Å². The molecule has 0 aromatic heterocycles. The van der Waals surface area contributed by atoms with Gasteiger partial charge < -0.3 is 4.74 Å². The Morgan fingerprint density at radius 1 is 1.00 bits per heavy atom. The lowest BCUT2D eigenvalue weighted by molar-refractivity contribution is -0.119. The molecule has 0 aliphatic heterocycles. The molecule has 0 bridgehead atoms. The van der Waals surface area contributed by atoms with E-state index in [0.29, 0.717) is 23.8 Å². The number of aryl methyl sites for hydroxylation is 1. The third-order valence-corrected chi connectivity index (χ3v) is 7.26. The van der Waals surface area contributed by atoms with Gasteiger partial charge in [-0.2, -0.15) is 5.10 Å². The molecule has 3 aromatic carbocycles. The molecule has 34 heavy (non-hydrogen) atoms. The van der Waals surface area contributed by atoms with Gasteiger partial charge in [-0.1, -0.05) is 45.8 Å². The van der Waals surface area contributed by atoms with Crippen LogP contribution in [0.2, 0.25) is 0 Å². The molecular formula is C25H26BrN3O4S. The number of ether oxygens (including phenoxy) is 1. The maximum atomic E-state index is 13.5. The van der Waals surface area contributed by atoms with E-state index >= 15 is 0 Å². The summed E-state index contributed by atoms with van der Waals surface area (Å²) in [5, 5.41) is 4.14. The summed E-state index contributed by atoms with van der Waals surface area (Å²) < 4.78 is 34.4. The van der Waals surface area contributed by atoms with E-state index in [0.717, 1.165) is 19.9 Å². The predicted octanol–water partition coefficient (Wildman–Crippen LogP) is 4.89. The average molecular weight is 544 g/mol. The molecule has 0 heterocycles. The van der Waals surface area contributed by atoms with Crippen LogP contribution >= 0.6 is 15.9 Å². The average Bonchev–Trinajstić information content (AvgIpc) is 2.82. The minimum atomic E-state index is -4.01. The fraction of sp³-hybridized carbons (Fsp3) is 0.200. The molecule has 0 unspecified atom stereocenters. The van der Waals surface area contributed by atoms with Gasteiger partial charge in [0.05, 0.1) is 22.9 Å². The molecule has 0 saturated carbocycles. The van der Waals surface area contributed by atoms with Gasteiger partial charge in [0.1, 0.15) is 12.3 Å². The Labute approximate surface area is 208 Å². The number of carbonyl (C=O) groups is 1. The van der Waals surface area contributed by atoms with E-state index in [9.17, 15) is 13.2 Å². The van der Waals surface area contributed by atoms with Crippen molar-refractivity contribution in [3.63, 3.8) is 0 Å². The number of nitrogens with one attached hydrogen (secondary N) is 1. The van der Waals surface area contributed by atoms with Crippen LogP contribution in [0.3, 0.4) is 0 Å². The van der Waals surface area contributed by atoms with Gasteiger partial charge in [-0.05, 0) is 74.9 Å². The first-order chi connectivity index (χ1) is 16.2. The Kier molecular flexibility index (Phi) is 8.46. The lowest BCUT2D eigenvalue weighted by Gasteiger charge is -2.24. The van der Waals surface area contributed by atoms with Crippen LogP contribution in [-0.2, 0) is 14.8 Å². The fourth-order valence-electron chi connectivity index (χ4n) is 3.10. The van der Waals surface area contributed by atoms with E-state index in [2.05, 4.69) is 26.5 Å². The number of hydrogen-bond acceptors (Lipinski definition) is 5. The van der Waals surface area contributed by atoms with Crippen LogP contribution < -0.4 is 14.5 Å². The molecular weight excluding hydrogens is 518 g/mol. The number of benzene rings is 3. The van der Waals surface area contributed by atoms with Gasteiger partial charge in [-0.3, -0.25) is 9.10 Å². The van der Waals surface area contributed by atoms with Crippen molar-refractivity contribution in [3.05, 3.63) is 88.4 Å². The number of halogens is 1. The molecule has 0 aliphatic rings. The maximum Gasteiger partial charge on any atom is 0.264 e. The van der Waals surface area contributed by atoms with Crippen molar-refractivity contribution in [1.82, 2.24) is 5.43 Å². The van der Waals surface area contributed by atoms with Crippen LogP contribution in [0, 0.1) is 6.92 Å². The molecule has 9 heteroatoms. The van der Waals surface area contributed by atoms with Crippen molar-refractivity contribution in [2.45, 2.75) is 25.7 Å². The molecule has 1 amide bonds. The van der Waals surface area contributed by atoms with Gasteiger partial charge in [-0.15, -0.1) is 0 Å². The van der Waals surface area contributed by atoms with Gasteiger partial charge in [-0.25, -0.2) is 13.8 Å². The van der Waals surface area contributed by atoms with Crippen molar-refractivity contribution in [2.75, 3.05) is 17.5 Å². The Bertz CT molecular complexity index is 1260. The molecule has 1 N–H and O–H groups in total. The predicted molar refractivity (Wildman–Crippen MR) is 138 cm³/mol. The first-order valence-electron chi connectivity index (χ1n) is 10.6. The summed E-state index contributed by atoms with van der Waals surface area (Å²) in [5.41, 5.74) is 5.16. The highest BCUT2D eigenvalue weighted by Crippen LogP contribution is 2.26. The topological polar surface area (TPSA) is 88.1 Å². The molecule has 0 aliphatic carbocycles. The Hall–Kier alpha value is -3.17. The summed E-state index contributed by atoms with van der Waals surface area (Å²) in [6.07, 6.45) is 0. The van der Waals surface area contributed by atoms with Crippen molar-refractivity contribution in [3.8, 4) is 5.75 Å². The van der Waals surface area contributed by atoms with Crippen molar-refractivity contribution < 1.29 is 17.9 Å². The lowest BCUT2D eigenvalue weighted by Crippen LogP contribution is -2.39. The van der Waals surface area contributed by atoms with E-state index in [1.54, 1.807) is 43.3 Å². The largest absolute Gasteiger partial charge is 0.494 e. The van der Waals surface area contributed by atoms with Crippen molar-refractivity contribution in [1.29, 1.82) is 0 Å². The quantitative estimate of drug-likeness (QED) is 0.307. The number of amides is 1. The molecule has 0 spiro atoms. The molecule has 0 radical (unpaired) electrons. The van der Waals surface area contributed by atoms with Gasteiger partial charge in [0.2, 0.25) is 0 Å². The second-order valence-electron chi connectivity index (χ2n) is 7.49. The number of sulfonamides is 1. The molecule has 7 nitrogen and oxygen atoms in total. The molecule has 178 valence electrons. The molecule has 3 aromatic rings. The normalized spacial score (nSPS) is 11.7. The first kappa shape index (κ1) is 25.5. The maximum absolute atomic E-state index is 13.5. The zero-order valence-corrected chi connectivity index (χ0v) is 21.6. The number of nitrogens with zero attached hydrogens (tertiary/aromatic N) is 2. The van der Waals surface area contributed by atoms with Crippen LogP contribution in [-0.4, -0.2) is 33.2 Å². The van der Waals surface area contributed by atoms with E-state index in [4.69, 9.17) is 4.74 Å². The van der Waals surface area contributed by atoms with Crippen LogP contribution in [0.5, 0.6) is 5.75 Å². The highest BCUT2D eigenvalue weighted by molar-refractivity contribution is 9.10. The Balaban J connectivity index is 1.87. The summed E-state index contributed by atoms with van der Waals surface area (Å²) in [6, 6.07) is 20.5. The summed E-state index contributed by atoms with van der Waals surface area (Å²) in [7, 11) is -4.01. The summed E-state index contributed by atoms with van der Waals surface area (Å²) in [4.78, 5) is 12.9. The smallest absolute Gasteiger partial charge is 0.264 e. The zero-order valence-electron chi connectivity index (χ0n) is 19.2. The van der Waals surface area contributed by atoms with E-state index in [1.807, 2.05) is 38.1 Å². The molecule has 0 fully saturated rings. The van der Waals surface area contributed by atoms with E-state index in [1.165, 1.54) is 12.1 Å². The minimum Gasteiger partial charge on any atom is -0.494 e. The summed E-state index contributed by atoms with van der Waals surface area (Å²) in [6.45, 7) is 5.55. The van der Waals surface area contributed by atoms with E-state index < -0.39 is 22.5 Å². The van der Waals surface area contributed by atoms with E-state index in [-0.39, 0.29) is 4.90 Å². The third kappa shape index (κ3) is 6.45. The zero-order chi connectivity index (χ0) is 24.7. The SMILES string of the molecule is CCOc1ccc(N(CC(=O)N/N=C(/C)c2ccc(Br)cc2)S(=O)(=O)c2ccc(C)cc2)cc1. The number of anilines is 1. The molecule has 0 saturated heterocycles. The summed E-state index contributed by atoms with van der Waals surface area (Å²) in [5.74, 6) is 0.0409. The first-order valence-corrected chi connectivity index (χ1v) is 12.9. The highest BCUT2D eigenvalue weighted by Gasteiger charge is 2.27. The number of carbonyl (C=O) groups excluding carboxylic acids is 1. The minimum absolute atomic E-state index is 0.0920. The van der Waals surface area contributed by atoms with Gasteiger partial charge in [0.25, 0.3) is 15.9 Å². The van der Waals surface area contributed by atoms with Crippen LogP contribution in [0.15, 0.2) is 87.3 Å². The fourth-order valence-corrected chi connectivity index (χ4v) is 4.78. The van der Waals surface area contributed by atoms with Gasteiger partial charge >= 0.3 is 0 Å². The second kappa shape index (κ2) is 11.3. The van der Waals surface area contributed by atoms with Crippen molar-refractivity contribution >= 4 is 43.3 Å². The number of rotatable bonds is 9. The van der Waals surface area contributed by atoms with Crippen LogP contribution in [0.25, 0.3) is 0 Å². The molecule has 3 rings (SSSR count). The number of hydrogen-bond donors (Lipinski definition) is 1.